The summed E-state index contributed by atoms with van der Waals surface area (Å²) in [6, 6.07) is 0. The predicted molar refractivity (Wildman–Crippen MR) is 63.3 cm³/mol. The van der Waals surface area contributed by atoms with Crippen LogP contribution in [0.4, 0.5) is 26.7 Å². The molecule has 0 saturated heterocycles. The van der Waals surface area contributed by atoms with Crippen LogP contribution in [0.15, 0.2) is 12.7 Å². The zero-order chi connectivity index (χ0) is 17.8. The molecule has 128 valence electrons. The van der Waals surface area contributed by atoms with Gasteiger partial charge in [-0.1, -0.05) is 6.08 Å². The van der Waals surface area contributed by atoms with Gasteiger partial charge in [-0.3, -0.25) is 4.18 Å². The molecule has 1 rings (SSSR count). The van der Waals surface area contributed by atoms with Crippen molar-refractivity contribution in [3.8, 4) is 5.75 Å². The molecule has 0 heterocycles. The molecule has 0 aliphatic rings. The van der Waals surface area contributed by atoms with E-state index in [-0.39, 0.29) is 0 Å². The maximum Gasteiger partial charge on any atom is 0.515 e. The molecule has 12 heteroatoms. The fraction of sp³-hybridized carbons (Fsp3) is 0.182. The van der Waals surface area contributed by atoms with Gasteiger partial charge in [0.2, 0.25) is 40.8 Å². The highest BCUT2D eigenvalue weighted by Gasteiger charge is 2.29. The summed E-state index contributed by atoms with van der Waals surface area (Å²) in [5.41, 5.74) is 0. The summed E-state index contributed by atoms with van der Waals surface area (Å²) in [5, 5.41) is 0. The van der Waals surface area contributed by atoms with E-state index < -0.39 is 63.7 Å². The van der Waals surface area contributed by atoms with Crippen LogP contribution in [-0.4, -0.2) is 27.1 Å². The first-order valence-electron chi connectivity index (χ1n) is 5.44. The van der Waals surface area contributed by atoms with E-state index in [0.29, 0.717) is 0 Å². The Labute approximate surface area is 126 Å². The maximum atomic E-state index is 13.2. The monoisotopic (exact) mass is 362 g/mol. The van der Waals surface area contributed by atoms with E-state index in [1.807, 2.05) is 0 Å². The van der Waals surface area contributed by atoms with E-state index >= 15 is 0 Å². The van der Waals surface area contributed by atoms with E-state index in [2.05, 4.69) is 20.2 Å². The third kappa shape index (κ3) is 4.63. The molecule has 0 radical (unpaired) electrons. The van der Waals surface area contributed by atoms with Gasteiger partial charge in [-0.15, -0.1) is 6.58 Å². The molecule has 23 heavy (non-hydrogen) atoms. The molecule has 0 fully saturated rings. The lowest BCUT2D eigenvalue weighted by atomic mass is 10.3. The van der Waals surface area contributed by atoms with E-state index in [9.17, 15) is 35.2 Å². The number of carbonyl (C=O) groups is 1. The highest BCUT2D eigenvalue weighted by atomic mass is 32.2. The molecule has 0 N–H and O–H groups in total. The van der Waals surface area contributed by atoms with Gasteiger partial charge >= 0.3 is 16.3 Å². The Balaban J connectivity index is 2.85. The fourth-order valence-electron chi connectivity index (χ4n) is 1.09. The van der Waals surface area contributed by atoms with Crippen molar-refractivity contribution in [2.45, 2.75) is 0 Å². The molecule has 0 bridgehead atoms. The number of carbonyl (C=O) groups excluding carboxylic acids is 1. The summed E-state index contributed by atoms with van der Waals surface area (Å²) in [5.74, 6) is -15.4. The quantitative estimate of drug-likeness (QED) is 0.147. The SMILES string of the molecule is C=CCOS(=O)(=O)COC(=O)Oc1c(F)c(F)c(F)c(F)c1F. The molecule has 0 unspecified atom stereocenters. The molecule has 1 aromatic rings. The van der Waals surface area contributed by atoms with Crippen LogP contribution in [0.3, 0.4) is 0 Å². The molecule has 0 spiro atoms. The third-order valence-electron chi connectivity index (χ3n) is 2.04. The largest absolute Gasteiger partial charge is 0.515 e. The predicted octanol–water partition coefficient (Wildman–Crippen LogP) is 2.39. The van der Waals surface area contributed by atoms with Gasteiger partial charge in [-0.2, -0.15) is 17.2 Å². The van der Waals surface area contributed by atoms with Gasteiger partial charge in [-0.05, 0) is 0 Å². The summed E-state index contributed by atoms with van der Waals surface area (Å²) in [4.78, 5) is 11.1. The summed E-state index contributed by atoms with van der Waals surface area (Å²) in [6.07, 6.45) is -0.969. The van der Waals surface area contributed by atoms with Gasteiger partial charge in [0.1, 0.15) is 0 Å². The Morgan fingerprint density at radius 1 is 1.00 bits per heavy atom. The van der Waals surface area contributed by atoms with E-state index in [1.54, 1.807) is 0 Å². The lowest BCUT2D eigenvalue weighted by molar-refractivity contribution is 0.107. The topological polar surface area (TPSA) is 78.9 Å². The van der Waals surface area contributed by atoms with Crippen molar-refractivity contribution < 1.29 is 48.8 Å². The smallest absolute Gasteiger partial charge is 0.415 e. The molecule has 0 aromatic heterocycles. The first-order chi connectivity index (χ1) is 10.6. The number of hydrogen-bond acceptors (Lipinski definition) is 6. The zero-order valence-corrected chi connectivity index (χ0v) is 11.8. The van der Waals surface area contributed by atoms with E-state index in [4.69, 9.17) is 0 Å². The average molecular weight is 362 g/mol. The zero-order valence-electron chi connectivity index (χ0n) is 10.9. The van der Waals surface area contributed by atoms with Gasteiger partial charge in [0.25, 0.3) is 0 Å². The Hall–Kier alpha value is -2.21. The van der Waals surface area contributed by atoms with Crippen molar-refractivity contribution in [3.63, 3.8) is 0 Å². The van der Waals surface area contributed by atoms with E-state index in [1.165, 1.54) is 0 Å². The van der Waals surface area contributed by atoms with Crippen molar-refractivity contribution in [1.82, 2.24) is 0 Å². The minimum absolute atomic E-state index is 0.446. The second-order valence-corrected chi connectivity index (χ2v) is 5.23. The van der Waals surface area contributed by atoms with Crippen LogP contribution in [-0.2, 0) is 19.0 Å². The highest BCUT2D eigenvalue weighted by Crippen LogP contribution is 2.29. The maximum absolute atomic E-state index is 13.2. The Morgan fingerprint density at radius 3 is 1.96 bits per heavy atom. The molecule has 6 nitrogen and oxygen atoms in total. The number of halogens is 5. The third-order valence-corrected chi connectivity index (χ3v) is 2.94. The highest BCUT2D eigenvalue weighted by molar-refractivity contribution is 7.86. The van der Waals surface area contributed by atoms with Crippen molar-refractivity contribution in [2.75, 3.05) is 12.5 Å². The van der Waals surface area contributed by atoms with Gasteiger partial charge in [0.05, 0.1) is 6.61 Å². The molecule has 0 aliphatic heterocycles. The van der Waals surface area contributed by atoms with Crippen LogP contribution >= 0.6 is 0 Å². The van der Waals surface area contributed by atoms with Crippen LogP contribution in [0.5, 0.6) is 5.75 Å². The molecule has 0 atom stereocenters. The standard InChI is InChI=1S/C11H7F5O6S/c1-2-3-21-23(18,19)4-20-11(17)22-10-8(15)6(13)5(12)7(14)9(10)16/h2H,1,3-4H2. The van der Waals surface area contributed by atoms with E-state index in [0.717, 1.165) is 6.08 Å². The molecule has 1 aromatic carbocycles. The van der Waals surface area contributed by atoms with Crippen molar-refractivity contribution in [3.05, 3.63) is 41.7 Å². The lowest BCUT2D eigenvalue weighted by Gasteiger charge is -2.09. The van der Waals surface area contributed by atoms with Crippen LogP contribution in [0.2, 0.25) is 0 Å². The van der Waals surface area contributed by atoms with Gasteiger partial charge in [-0.25, -0.2) is 18.0 Å². The Bertz CT molecular complexity index is 704. The first kappa shape index (κ1) is 18.8. The number of benzene rings is 1. The minimum Gasteiger partial charge on any atom is -0.415 e. The van der Waals surface area contributed by atoms with Crippen LogP contribution in [0, 0.1) is 29.1 Å². The number of ether oxygens (including phenoxy) is 2. The molecule has 0 saturated carbocycles. The first-order valence-corrected chi connectivity index (χ1v) is 7.02. The summed E-state index contributed by atoms with van der Waals surface area (Å²) < 4.78 is 99.0. The second kappa shape index (κ2) is 7.37. The summed E-state index contributed by atoms with van der Waals surface area (Å²) in [7, 11) is -4.36. The number of hydrogen-bond donors (Lipinski definition) is 0. The molecular formula is C11H7F5O6S. The molecule has 0 amide bonds. The number of rotatable bonds is 6. The molecular weight excluding hydrogens is 355 g/mol. The van der Waals surface area contributed by atoms with Crippen molar-refractivity contribution in [2.24, 2.45) is 0 Å². The minimum atomic E-state index is -4.36. The normalized spacial score (nSPS) is 11.2. The van der Waals surface area contributed by atoms with Gasteiger partial charge < -0.3 is 9.47 Å². The Kier molecular flexibility index (Phi) is 6.04. The Morgan fingerprint density at radius 2 is 1.48 bits per heavy atom. The molecule has 0 aliphatic carbocycles. The van der Waals surface area contributed by atoms with Crippen molar-refractivity contribution in [1.29, 1.82) is 0 Å². The van der Waals surface area contributed by atoms with Crippen molar-refractivity contribution >= 4 is 16.3 Å². The fourth-order valence-corrected chi connectivity index (χ4v) is 1.71. The average Bonchev–Trinajstić information content (AvgIpc) is 2.51. The second-order valence-electron chi connectivity index (χ2n) is 3.64. The summed E-state index contributed by atoms with van der Waals surface area (Å²) >= 11 is 0. The van der Waals surface area contributed by atoms with Crippen LogP contribution in [0.1, 0.15) is 0 Å². The van der Waals surface area contributed by atoms with Gasteiger partial charge in [0, 0.05) is 0 Å². The van der Waals surface area contributed by atoms with Crippen LogP contribution in [0.25, 0.3) is 0 Å². The lowest BCUT2D eigenvalue weighted by Crippen LogP contribution is -2.20. The summed E-state index contributed by atoms with van der Waals surface area (Å²) in [6.45, 7) is 2.70. The van der Waals surface area contributed by atoms with Gasteiger partial charge in [0.15, 0.2) is 0 Å². The van der Waals surface area contributed by atoms with Crippen LogP contribution < -0.4 is 4.74 Å².